The molecule has 1 aromatic carbocycles. The van der Waals surface area contributed by atoms with Gasteiger partial charge in [-0.3, -0.25) is 0 Å². The van der Waals surface area contributed by atoms with Crippen LogP contribution in [0, 0.1) is 25.2 Å². The van der Waals surface area contributed by atoms with Gasteiger partial charge in [-0.1, -0.05) is 18.2 Å². The maximum Gasteiger partial charge on any atom is 0.0208 e. The number of rotatable bonds is 5. The van der Waals surface area contributed by atoms with Crippen LogP contribution in [0.15, 0.2) is 18.2 Å². The number of hydrogen-bond donors (Lipinski definition) is 1. The van der Waals surface area contributed by atoms with Gasteiger partial charge in [-0.15, -0.1) is 0 Å². The molecular formula is C16H23N. The summed E-state index contributed by atoms with van der Waals surface area (Å²) in [5.41, 5.74) is 5.05. The Morgan fingerprint density at radius 1 is 1.24 bits per heavy atom. The fraction of sp³-hybridized carbons (Fsp3) is 0.625. The van der Waals surface area contributed by atoms with Gasteiger partial charge in [0.25, 0.3) is 0 Å². The van der Waals surface area contributed by atoms with E-state index < -0.39 is 0 Å². The Morgan fingerprint density at radius 2 is 2.00 bits per heavy atom. The molecule has 2 saturated carbocycles. The van der Waals surface area contributed by atoms with Gasteiger partial charge in [-0.25, -0.2) is 0 Å². The summed E-state index contributed by atoms with van der Waals surface area (Å²) >= 11 is 0. The lowest BCUT2D eigenvalue weighted by Gasteiger charge is -2.16. The van der Waals surface area contributed by atoms with E-state index in [1.165, 1.54) is 48.9 Å². The van der Waals surface area contributed by atoms with Crippen LogP contribution in [-0.4, -0.2) is 6.54 Å². The molecule has 0 saturated heterocycles. The van der Waals surface area contributed by atoms with Gasteiger partial charge in [-0.05, 0) is 67.6 Å². The molecule has 1 N–H and O–H groups in total. The molecule has 2 fully saturated rings. The van der Waals surface area contributed by atoms with Crippen molar-refractivity contribution >= 4 is 0 Å². The van der Waals surface area contributed by atoms with E-state index in [4.69, 9.17) is 0 Å². The van der Waals surface area contributed by atoms with E-state index in [1.807, 2.05) is 0 Å². The van der Waals surface area contributed by atoms with E-state index in [0.29, 0.717) is 0 Å². The predicted octanol–water partition coefficient (Wildman–Crippen LogP) is 3.58. The van der Waals surface area contributed by atoms with Gasteiger partial charge in [0, 0.05) is 13.1 Å². The third-order valence-corrected chi connectivity index (χ3v) is 4.84. The average Bonchev–Trinajstić information content (AvgIpc) is 3.14. The summed E-state index contributed by atoms with van der Waals surface area (Å²) in [7, 11) is 0. The van der Waals surface area contributed by atoms with E-state index in [9.17, 15) is 0 Å². The molecule has 1 heteroatoms. The van der Waals surface area contributed by atoms with Crippen LogP contribution in [-0.2, 0) is 6.54 Å². The molecule has 2 aliphatic carbocycles. The van der Waals surface area contributed by atoms with Crippen LogP contribution in [0.2, 0.25) is 0 Å². The third kappa shape index (κ3) is 2.26. The lowest BCUT2D eigenvalue weighted by molar-refractivity contribution is 0.403. The van der Waals surface area contributed by atoms with Crippen molar-refractivity contribution in [2.24, 2.45) is 11.3 Å². The molecular weight excluding hydrogens is 206 g/mol. The van der Waals surface area contributed by atoms with Gasteiger partial charge in [0.15, 0.2) is 0 Å². The highest BCUT2D eigenvalue weighted by Gasteiger charge is 2.53. The molecule has 3 rings (SSSR count). The highest BCUT2D eigenvalue weighted by Crippen LogP contribution is 2.60. The Morgan fingerprint density at radius 3 is 2.65 bits per heavy atom. The normalized spacial score (nSPS) is 21.5. The van der Waals surface area contributed by atoms with Crippen LogP contribution in [0.3, 0.4) is 0 Å². The van der Waals surface area contributed by atoms with Crippen molar-refractivity contribution in [2.45, 2.75) is 46.1 Å². The van der Waals surface area contributed by atoms with Gasteiger partial charge in [0.1, 0.15) is 0 Å². The van der Waals surface area contributed by atoms with Crippen LogP contribution in [0.25, 0.3) is 0 Å². The summed E-state index contributed by atoms with van der Waals surface area (Å²) in [5.74, 6) is 1.06. The molecule has 0 bridgehead atoms. The molecule has 1 aromatic rings. The Bertz CT molecular complexity index is 414. The Balaban J connectivity index is 1.55. The molecule has 0 atom stereocenters. The quantitative estimate of drug-likeness (QED) is 0.813. The smallest absolute Gasteiger partial charge is 0.0208 e. The van der Waals surface area contributed by atoms with Gasteiger partial charge < -0.3 is 5.32 Å². The highest BCUT2D eigenvalue weighted by atomic mass is 14.9. The van der Waals surface area contributed by atoms with Crippen LogP contribution in [0.1, 0.15) is 42.4 Å². The summed E-state index contributed by atoms with van der Waals surface area (Å²) in [6, 6.07) is 6.63. The first-order valence-electron chi connectivity index (χ1n) is 6.97. The van der Waals surface area contributed by atoms with Gasteiger partial charge >= 0.3 is 0 Å². The molecule has 0 unspecified atom stereocenters. The Kier molecular flexibility index (Phi) is 2.74. The maximum atomic E-state index is 3.69. The van der Waals surface area contributed by atoms with Crippen LogP contribution in [0.5, 0.6) is 0 Å². The third-order valence-electron chi connectivity index (χ3n) is 4.84. The number of aryl methyl sites for hydroxylation is 1. The second-order valence-corrected chi connectivity index (χ2v) is 6.10. The molecule has 0 amide bonds. The van der Waals surface area contributed by atoms with Crippen LogP contribution < -0.4 is 5.32 Å². The molecule has 0 radical (unpaired) electrons. The second kappa shape index (κ2) is 4.13. The van der Waals surface area contributed by atoms with E-state index in [0.717, 1.165) is 17.9 Å². The zero-order chi connectivity index (χ0) is 11.9. The van der Waals surface area contributed by atoms with E-state index in [-0.39, 0.29) is 0 Å². The van der Waals surface area contributed by atoms with Crippen molar-refractivity contribution in [3.8, 4) is 0 Å². The lowest BCUT2D eigenvalue weighted by atomic mass is 10.00. The first kappa shape index (κ1) is 11.3. The maximum absolute atomic E-state index is 3.69. The average molecular weight is 229 g/mol. The largest absolute Gasteiger partial charge is 0.312 e. The fourth-order valence-corrected chi connectivity index (χ4v) is 3.04. The van der Waals surface area contributed by atoms with Crippen molar-refractivity contribution in [1.29, 1.82) is 0 Å². The monoisotopic (exact) mass is 229 g/mol. The van der Waals surface area contributed by atoms with Gasteiger partial charge in [0.2, 0.25) is 0 Å². The summed E-state index contributed by atoms with van der Waals surface area (Å²) in [6.07, 6.45) is 5.92. The standard InChI is InChI=1S/C16H23N/c1-12-4-3-5-14(13(12)2)10-17-11-16(8-9-16)15-6-7-15/h3-5,15,17H,6-11H2,1-2H3. The summed E-state index contributed by atoms with van der Waals surface area (Å²) in [5, 5.41) is 3.69. The van der Waals surface area contributed by atoms with E-state index in [2.05, 4.69) is 37.4 Å². The molecule has 17 heavy (non-hydrogen) atoms. The summed E-state index contributed by atoms with van der Waals surface area (Å²) in [4.78, 5) is 0. The molecule has 0 spiro atoms. The zero-order valence-electron chi connectivity index (χ0n) is 11.1. The van der Waals surface area contributed by atoms with Gasteiger partial charge in [0.05, 0.1) is 0 Å². The van der Waals surface area contributed by atoms with Gasteiger partial charge in [-0.2, -0.15) is 0 Å². The van der Waals surface area contributed by atoms with Crippen LogP contribution in [0.4, 0.5) is 0 Å². The number of benzene rings is 1. The van der Waals surface area contributed by atoms with Crippen molar-refractivity contribution in [2.75, 3.05) is 6.54 Å². The minimum atomic E-state index is 0.720. The zero-order valence-corrected chi connectivity index (χ0v) is 11.1. The van der Waals surface area contributed by atoms with Crippen molar-refractivity contribution in [1.82, 2.24) is 5.32 Å². The molecule has 0 aromatic heterocycles. The number of nitrogens with one attached hydrogen (secondary N) is 1. The molecule has 1 nitrogen and oxygen atoms in total. The molecule has 0 aliphatic heterocycles. The first-order chi connectivity index (χ1) is 8.21. The molecule has 0 heterocycles. The topological polar surface area (TPSA) is 12.0 Å². The SMILES string of the molecule is Cc1cccc(CNCC2(C3CC3)CC2)c1C. The van der Waals surface area contributed by atoms with Crippen molar-refractivity contribution in [3.63, 3.8) is 0 Å². The van der Waals surface area contributed by atoms with Crippen LogP contribution >= 0.6 is 0 Å². The summed E-state index contributed by atoms with van der Waals surface area (Å²) in [6.45, 7) is 6.72. The minimum absolute atomic E-state index is 0.720. The van der Waals surface area contributed by atoms with Crippen molar-refractivity contribution in [3.05, 3.63) is 34.9 Å². The Hall–Kier alpha value is -0.820. The fourth-order valence-electron chi connectivity index (χ4n) is 3.04. The first-order valence-corrected chi connectivity index (χ1v) is 6.97. The molecule has 92 valence electrons. The Labute approximate surface area is 105 Å². The molecule has 2 aliphatic rings. The second-order valence-electron chi connectivity index (χ2n) is 6.10. The lowest BCUT2D eigenvalue weighted by Crippen LogP contribution is -2.25. The van der Waals surface area contributed by atoms with E-state index in [1.54, 1.807) is 0 Å². The van der Waals surface area contributed by atoms with Crippen molar-refractivity contribution < 1.29 is 0 Å². The van der Waals surface area contributed by atoms with E-state index >= 15 is 0 Å². The highest BCUT2D eigenvalue weighted by molar-refractivity contribution is 5.32. The predicted molar refractivity (Wildman–Crippen MR) is 72.0 cm³/mol. The summed E-state index contributed by atoms with van der Waals surface area (Å²) < 4.78 is 0. The number of hydrogen-bond acceptors (Lipinski definition) is 1. The minimum Gasteiger partial charge on any atom is -0.312 e.